The van der Waals surface area contributed by atoms with Gasteiger partial charge >= 0.3 is 6.18 Å². The number of nitrogens with zero attached hydrogens (tertiary/aromatic N) is 1. The molecule has 0 unspecified atom stereocenters. The maximum atomic E-state index is 11.6. The molecule has 14 heavy (non-hydrogen) atoms. The second-order valence-corrected chi connectivity index (χ2v) is 2.46. The molecule has 1 rings (SSSR count). The Morgan fingerprint density at radius 2 is 2.00 bits per heavy atom. The summed E-state index contributed by atoms with van der Waals surface area (Å²) in [6.45, 7) is -1.52. The predicted octanol–water partition coefficient (Wildman–Crippen LogP) is 2.09. The first-order valence-electron chi connectivity index (χ1n) is 3.79. The van der Waals surface area contributed by atoms with Crippen LogP contribution < -0.4 is 0 Å². The molecular weight excluding hydrogens is 199 g/mol. The number of hydrogen-bond acceptors (Lipinski definition) is 3. The molecule has 0 aliphatic rings. The highest BCUT2D eigenvalue weighted by Gasteiger charge is 2.28. The fourth-order valence-corrected chi connectivity index (χ4v) is 0.694. The summed E-state index contributed by atoms with van der Waals surface area (Å²) in [6, 6.07) is 5.02. The Kier molecular flexibility index (Phi) is 3.84. The highest BCUT2D eigenvalue weighted by molar-refractivity contribution is 5.01. The predicted molar refractivity (Wildman–Crippen MR) is 41.0 cm³/mol. The largest absolute Gasteiger partial charge is 0.414 e. The summed E-state index contributed by atoms with van der Waals surface area (Å²) in [4.78, 5) is 12.1. The SMILES string of the molecule is FC(F)(F)COOCc1ccccn1. The first-order chi connectivity index (χ1) is 6.58. The van der Waals surface area contributed by atoms with Crippen LogP contribution in [0.25, 0.3) is 0 Å². The Labute approximate surface area is 78.4 Å². The van der Waals surface area contributed by atoms with Crippen LogP contribution in [0.4, 0.5) is 13.2 Å². The fraction of sp³-hybridized carbons (Fsp3) is 0.375. The topological polar surface area (TPSA) is 31.4 Å². The Hall–Kier alpha value is -1.14. The van der Waals surface area contributed by atoms with Crippen LogP contribution in [-0.2, 0) is 16.4 Å². The van der Waals surface area contributed by atoms with Crippen LogP contribution in [0.5, 0.6) is 0 Å². The molecule has 0 fully saturated rings. The second kappa shape index (κ2) is 4.92. The number of alkyl halides is 3. The summed E-state index contributed by atoms with van der Waals surface area (Å²) >= 11 is 0. The standard InChI is InChI=1S/C8H8F3NO2/c9-8(10,11)6-14-13-5-7-3-1-2-4-12-7/h1-4H,5-6H2. The van der Waals surface area contributed by atoms with E-state index in [2.05, 4.69) is 14.8 Å². The van der Waals surface area contributed by atoms with Gasteiger partial charge in [0.15, 0.2) is 6.61 Å². The lowest BCUT2D eigenvalue weighted by Gasteiger charge is -2.06. The summed E-state index contributed by atoms with van der Waals surface area (Å²) in [6.07, 6.45) is -2.85. The molecule has 0 amide bonds. The summed E-state index contributed by atoms with van der Waals surface area (Å²) in [5.74, 6) is 0. The summed E-state index contributed by atoms with van der Waals surface area (Å²) in [7, 11) is 0. The van der Waals surface area contributed by atoms with Crippen LogP contribution in [-0.4, -0.2) is 17.8 Å². The molecule has 78 valence electrons. The van der Waals surface area contributed by atoms with Crippen molar-refractivity contribution in [3.05, 3.63) is 30.1 Å². The molecule has 1 aromatic rings. The Bertz CT molecular complexity index is 263. The van der Waals surface area contributed by atoms with Gasteiger partial charge in [-0.05, 0) is 12.1 Å². The Morgan fingerprint density at radius 3 is 2.57 bits per heavy atom. The lowest BCUT2D eigenvalue weighted by Crippen LogP contribution is -2.17. The number of aromatic nitrogens is 1. The smallest absolute Gasteiger partial charge is 0.259 e. The van der Waals surface area contributed by atoms with Crippen LogP contribution in [0.15, 0.2) is 24.4 Å². The zero-order valence-electron chi connectivity index (χ0n) is 7.12. The van der Waals surface area contributed by atoms with Gasteiger partial charge in [-0.2, -0.15) is 13.2 Å². The first-order valence-corrected chi connectivity index (χ1v) is 3.79. The molecule has 0 N–H and O–H groups in total. The normalized spacial score (nSPS) is 11.6. The van der Waals surface area contributed by atoms with Crippen molar-refractivity contribution in [2.24, 2.45) is 0 Å². The van der Waals surface area contributed by atoms with Crippen molar-refractivity contribution in [3.63, 3.8) is 0 Å². The van der Waals surface area contributed by atoms with Crippen molar-refractivity contribution in [2.45, 2.75) is 12.8 Å². The zero-order chi connectivity index (χ0) is 10.4. The van der Waals surface area contributed by atoms with Crippen molar-refractivity contribution < 1.29 is 22.9 Å². The van der Waals surface area contributed by atoms with Crippen molar-refractivity contribution in [2.75, 3.05) is 6.61 Å². The van der Waals surface area contributed by atoms with E-state index in [9.17, 15) is 13.2 Å². The average Bonchev–Trinajstić information content (AvgIpc) is 2.13. The van der Waals surface area contributed by atoms with E-state index in [0.29, 0.717) is 5.69 Å². The van der Waals surface area contributed by atoms with Gasteiger partial charge in [0.2, 0.25) is 0 Å². The van der Waals surface area contributed by atoms with Crippen LogP contribution in [0.2, 0.25) is 0 Å². The van der Waals surface area contributed by atoms with Crippen LogP contribution in [0.3, 0.4) is 0 Å². The number of hydrogen-bond donors (Lipinski definition) is 0. The summed E-state index contributed by atoms with van der Waals surface area (Å²) < 4.78 is 34.7. The van der Waals surface area contributed by atoms with E-state index in [4.69, 9.17) is 0 Å². The van der Waals surface area contributed by atoms with Crippen molar-refractivity contribution >= 4 is 0 Å². The third-order valence-electron chi connectivity index (χ3n) is 1.24. The summed E-state index contributed by atoms with van der Waals surface area (Å²) in [5.41, 5.74) is 0.509. The van der Waals surface area contributed by atoms with Crippen LogP contribution in [0, 0.1) is 0 Å². The minimum absolute atomic E-state index is 0.100. The molecule has 0 saturated carbocycles. The van der Waals surface area contributed by atoms with E-state index in [0.717, 1.165) is 0 Å². The lowest BCUT2D eigenvalue weighted by molar-refractivity contribution is -0.347. The second-order valence-electron chi connectivity index (χ2n) is 2.46. The molecule has 1 heterocycles. The Morgan fingerprint density at radius 1 is 1.21 bits per heavy atom. The van der Waals surface area contributed by atoms with E-state index in [1.165, 1.54) is 6.20 Å². The Balaban J connectivity index is 2.17. The number of pyridine rings is 1. The van der Waals surface area contributed by atoms with Gasteiger partial charge in [0.1, 0.15) is 6.61 Å². The van der Waals surface area contributed by atoms with Gasteiger partial charge in [-0.25, -0.2) is 9.78 Å². The minimum Gasteiger partial charge on any atom is -0.259 e. The molecule has 0 spiro atoms. The first kappa shape index (κ1) is 10.9. The maximum absolute atomic E-state index is 11.6. The fourth-order valence-electron chi connectivity index (χ4n) is 0.694. The highest BCUT2D eigenvalue weighted by Crippen LogP contribution is 2.14. The molecule has 0 aliphatic heterocycles. The third kappa shape index (κ3) is 4.78. The van der Waals surface area contributed by atoms with Gasteiger partial charge in [0.05, 0.1) is 5.69 Å². The van der Waals surface area contributed by atoms with E-state index in [-0.39, 0.29) is 6.61 Å². The van der Waals surface area contributed by atoms with Gasteiger partial charge in [0.25, 0.3) is 0 Å². The molecule has 0 radical (unpaired) electrons. The van der Waals surface area contributed by atoms with Gasteiger partial charge in [-0.15, -0.1) is 0 Å². The molecule has 0 atom stereocenters. The van der Waals surface area contributed by atoms with E-state index in [1.54, 1.807) is 18.2 Å². The highest BCUT2D eigenvalue weighted by atomic mass is 19.4. The minimum atomic E-state index is -4.37. The van der Waals surface area contributed by atoms with Gasteiger partial charge in [-0.1, -0.05) is 6.07 Å². The van der Waals surface area contributed by atoms with Gasteiger partial charge in [-0.3, -0.25) is 4.98 Å². The maximum Gasteiger partial charge on any atom is 0.414 e. The monoisotopic (exact) mass is 207 g/mol. The molecule has 3 nitrogen and oxygen atoms in total. The molecule has 0 bridgehead atoms. The van der Waals surface area contributed by atoms with Crippen molar-refractivity contribution in [3.8, 4) is 0 Å². The van der Waals surface area contributed by atoms with Gasteiger partial charge in [0, 0.05) is 6.20 Å². The van der Waals surface area contributed by atoms with Crippen molar-refractivity contribution in [1.82, 2.24) is 4.98 Å². The molecular formula is C8H8F3NO2. The molecule has 6 heteroatoms. The van der Waals surface area contributed by atoms with Crippen molar-refractivity contribution in [1.29, 1.82) is 0 Å². The quantitative estimate of drug-likeness (QED) is 0.430. The molecule has 0 saturated heterocycles. The lowest BCUT2D eigenvalue weighted by atomic mass is 10.4. The third-order valence-corrected chi connectivity index (χ3v) is 1.24. The molecule has 0 aromatic carbocycles. The van der Waals surface area contributed by atoms with Gasteiger partial charge < -0.3 is 0 Å². The molecule has 0 aliphatic carbocycles. The van der Waals surface area contributed by atoms with Crippen LogP contribution in [0.1, 0.15) is 5.69 Å². The average molecular weight is 207 g/mol. The number of rotatable bonds is 4. The van der Waals surface area contributed by atoms with E-state index >= 15 is 0 Å². The van der Waals surface area contributed by atoms with Crippen LogP contribution >= 0.6 is 0 Å². The van der Waals surface area contributed by atoms with E-state index in [1.807, 2.05) is 0 Å². The molecule has 1 aromatic heterocycles. The summed E-state index contributed by atoms with van der Waals surface area (Å²) in [5, 5.41) is 0. The zero-order valence-corrected chi connectivity index (χ0v) is 7.12. The van der Waals surface area contributed by atoms with E-state index < -0.39 is 12.8 Å². The number of halogens is 3.